The molecule has 0 aliphatic heterocycles. The molecule has 0 N–H and O–H groups in total. The molecule has 0 saturated carbocycles. The van der Waals surface area contributed by atoms with Crippen LogP contribution in [-0.4, -0.2) is 29.6 Å². The zero-order valence-corrected chi connectivity index (χ0v) is 12.0. The van der Waals surface area contributed by atoms with Crippen LogP contribution in [0.4, 0.5) is 0 Å². The first-order valence-corrected chi connectivity index (χ1v) is 6.17. The predicted octanol–water partition coefficient (Wildman–Crippen LogP) is 2.66. The molecule has 0 unspecified atom stereocenters. The average molecular weight is 256 g/mol. The van der Waals surface area contributed by atoms with Gasteiger partial charge in [-0.2, -0.15) is 0 Å². The van der Waals surface area contributed by atoms with Crippen LogP contribution in [0.1, 0.15) is 47.5 Å². The van der Waals surface area contributed by atoms with E-state index in [1.807, 2.05) is 13.8 Å². The highest BCUT2D eigenvalue weighted by Crippen LogP contribution is 2.18. The summed E-state index contributed by atoms with van der Waals surface area (Å²) in [6.45, 7) is 12.6. The van der Waals surface area contributed by atoms with Crippen LogP contribution in [0.25, 0.3) is 0 Å². The second-order valence-corrected chi connectivity index (χ2v) is 5.26. The van der Waals surface area contributed by atoms with Crippen molar-refractivity contribution in [3.05, 3.63) is 12.7 Å². The molecule has 0 saturated heterocycles. The van der Waals surface area contributed by atoms with Gasteiger partial charge in [0.1, 0.15) is 11.2 Å². The molecular weight excluding hydrogens is 232 g/mol. The topological polar surface area (TPSA) is 52.6 Å². The van der Waals surface area contributed by atoms with E-state index in [-0.39, 0.29) is 11.8 Å². The van der Waals surface area contributed by atoms with Crippen molar-refractivity contribution in [1.82, 2.24) is 0 Å². The van der Waals surface area contributed by atoms with E-state index >= 15 is 0 Å². The number of esters is 1. The Morgan fingerprint density at radius 2 is 1.78 bits per heavy atom. The van der Waals surface area contributed by atoms with Crippen molar-refractivity contribution in [1.29, 1.82) is 0 Å². The molecule has 0 bridgehead atoms. The predicted molar refractivity (Wildman–Crippen MR) is 70.3 cm³/mol. The van der Waals surface area contributed by atoms with E-state index in [0.29, 0.717) is 19.4 Å². The minimum absolute atomic E-state index is 0.161. The van der Waals surface area contributed by atoms with Gasteiger partial charge < -0.3 is 9.47 Å². The largest absolute Gasteiger partial charge is 0.460 e. The standard InChI is InChI=1S/C14H24O4/c1-7-11(15)14(5,6)17-10-9-13(3,4)18-12(16)8-2/h7H,1,8-10H2,2-6H3. The van der Waals surface area contributed by atoms with Crippen molar-refractivity contribution in [2.45, 2.75) is 58.7 Å². The Morgan fingerprint density at radius 3 is 2.22 bits per heavy atom. The minimum atomic E-state index is -0.882. The molecule has 0 rings (SSSR count). The van der Waals surface area contributed by atoms with Gasteiger partial charge in [-0.3, -0.25) is 9.59 Å². The van der Waals surface area contributed by atoms with Crippen LogP contribution in [0.2, 0.25) is 0 Å². The Hall–Kier alpha value is -1.16. The lowest BCUT2D eigenvalue weighted by atomic mass is 10.0. The molecule has 104 valence electrons. The van der Waals surface area contributed by atoms with E-state index in [0.717, 1.165) is 0 Å². The zero-order chi connectivity index (χ0) is 14.4. The molecule has 0 amide bonds. The van der Waals surface area contributed by atoms with Gasteiger partial charge in [-0.1, -0.05) is 13.5 Å². The maximum absolute atomic E-state index is 11.5. The normalized spacial score (nSPS) is 12.1. The number of ether oxygens (including phenoxy) is 2. The number of hydrogen-bond donors (Lipinski definition) is 0. The summed E-state index contributed by atoms with van der Waals surface area (Å²) in [6.07, 6.45) is 2.14. The first kappa shape index (κ1) is 16.8. The molecule has 0 aliphatic carbocycles. The highest BCUT2D eigenvalue weighted by atomic mass is 16.6. The number of rotatable bonds is 8. The smallest absolute Gasteiger partial charge is 0.306 e. The van der Waals surface area contributed by atoms with Crippen LogP contribution >= 0.6 is 0 Å². The van der Waals surface area contributed by atoms with Crippen LogP contribution in [0, 0.1) is 0 Å². The molecule has 0 aliphatic rings. The average Bonchev–Trinajstić information content (AvgIpc) is 2.26. The summed E-state index contributed by atoms with van der Waals surface area (Å²) in [5.74, 6) is -0.396. The van der Waals surface area contributed by atoms with Crippen molar-refractivity contribution >= 4 is 11.8 Å². The molecule has 0 spiro atoms. The second-order valence-electron chi connectivity index (χ2n) is 5.26. The fourth-order valence-electron chi connectivity index (χ4n) is 1.30. The lowest BCUT2D eigenvalue weighted by molar-refractivity contribution is -0.159. The molecule has 4 nitrogen and oxygen atoms in total. The molecular formula is C14H24O4. The van der Waals surface area contributed by atoms with Gasteiger partial charge in [0, 0.05) is 12.8 Å². The van der Waals surface area contributed by atoms with Gasteiger partial charge in [0.15, 0.2) is 5.78 Å². The van der Waals surface area contributed by atoms with Gasteiger partial charge in [-0.25, -0.2) is 0 Å². The van der Waals surface area contributed by atoms with Crippen LogP contribution in [-0.2, 0) is 19.1 Å². The highest BCUT2D eigenvalue weighted by Gasteiger charge is 2.28. The van der Waals surface area contributed by atoms with Crippen LogP contribution in [0.5, 0.6) is 0 Å². The summed E-state index contributed by atoms with van der Waals surface area (Å²) in [4.78, 5) is 22.7. The number of hydrogen-bond acceptors (Lipinski definition) is 4. The van der Waals surface area contributed by atoms with Gasteiger partial charge in [0.05, 0.1) is 6.61 Å². The summed E-state index contributed by atoms with van der Waals surface area (Å²) in [5, 5.41) is 0. The Morgan fingerprint density at radius 1 is 1.22 bits per heavy atom. The quantitative estimate of drug-likeness (QED) is 0.495. The number of ketones is 1. The van der Waals surface area contributed by atoms with Gasteiger partial charge in [0.25, 0.3) is 0 Å². The van der Waals surface area contributed by atoms with Gasteiger partial charge in [-0.05, 0) is 33.8 Å². The Labute approximate surface area is 109 Å². The molecule has 0 atom stereocenters. The van der Waals surface area contributed by atoms with E-state index in [2.05, 4.69) is 6.58 Å². The molecule has 0 radical (unpaired) electrons. The lowest BCUT2D eigenvalue weighted by Gasteiger charge is -2.28. The zero-order valence-electron chi connectivity index (χ0n) is 12.0. The molecule has 0 fully saturated rings. The molecule has 0 aromatic carbocycles. The van der Waals surface area contributed by atoms with E-state index in [1.165, 1.54) is 6.08 Å². The lowest BCUT2D eigenvalue weighted by Crippen LogP contribution is -2.36. The third-order valence-corrected chi connectivity index (χ3v) is 2.62. The van der Waals surface area contributed by atoms with Crippen LogP contribution in [0.15, 0.2) is 12.7 Å². The van der Waals surface area contributed by atoms with Crippen molar-refractivity contribution in [2.75, 3.05) is 6.61 Å². The third-order valence-electron chi connectivity index (χ3n) is 2.62. The number of carbonyl (C=O) groups excluding carboxylic acids is 2. The monoisotopic (exact) mass is 256 g/mol. The summed E-state index contributed by atoms with van der Waals surface area (Å²) in [5.41, 5.74) is -1.47. The van der Waals surface area contributed by atoms with Crippen molar-refractivity contribution in [3.63, 3.8) is 0 Å². The molecule has 0 aromatic heterocycles. The van der Waals surface area contributed by atoms with Gasteiger partial charge in [-0.15, -0.1) is 0 Å². The fraction of sp³-hybridized carbons (Fsp3) is 0.714. The van der Waals surface area contributed by atoms with Gasteiger partial charge >= 0.3 is 5.97 Å². The molecule has 0 heterocycles. The Kier molecular flexibility index (Phi) is 6.26. The fourth-order valence-corrected chi connectivity index (χ4v) is 1.30. The van der Waals surface area contributed by atoms with E-state index in [1.54, 1.807) is 20.8 Å². The van der Waals surface area contributed by atoms with Crippen molar-refractivity contribution in [2.24, 2.45) is 0 Å². The summed E-state index contributed by atoms with van der Waals surface area (Å²) >= 11 is 0. The first-order valence-electron chi connectivity index (χ1n) is 6.17. The first-order chi connectivity index (χ1) is 8.14. The van der Waals surface area contributed by atoms with Gasteiger partial charge in [0.2, 0.25) is 0 Å². The van der Waals surface area contributed by atoms with E-state index in [9.17, 15) is 9.59 Å². The summed E-state index contributed by atoms with van der Waals surface area (Å²) < 4.78 is 10.8. The summed E-state index contributed by atoms with van der Waals surface area (Å²) in [7, 11) is 0. The Balaban J connectivity index is 4.21. The summed E-state index contributed by atoms with van der Waals surface area (Å²) in [6, 6.07) is 0. The molecule has 0 aromatic rings. The second kappa shape index (κ2) is 6.69. The maximum atomic E-state index is 11.5. The minimum Gasteiger partial charge on any atom is -0.460 e. The Bertz CT molecular complexity index is 316. The van der Waals surface area contributed by atoms with Crippen LogP contribution < -0.4 is 0 Å². The van der Waals surface area contributed by atoms with E-state index < -0.39 is 11.2 Å². The van der Waals surface area contributed by atoms with Crippen molar-refractivity contribution in [3.8, 4) is 0 Å². The van der Waals surface area contributed by atoms with E-state index in [4.69, 9.17) is 9.47 Å². The maximum Gasteiger partial charge on any atom is 0.306 e. The van der Waals surface area contributed by atoms with Crippen LogP contribution in [0.3, 0.4) is 0 Å². The van der Waals surface area contributed by atoms with Crippen molar-refractivity contribution < 1.29 is 19.1 Å². The third kappa shape index (κ3) is 5.96. The molecule has 4 heteroatoms. The SMILES string of the molecule is C=CC(=O)C(C)(C)OCCC(C)(C)OC(=O)CC. The highest BCUT2D eigenvalue weighted by molar-refractivity contribution is 5.95. The number of carbonyl (C=O) groups is 2. The molecule has 18 heavy (non-hydrogen) atoms.